The van der Waals surface area contributed by atoms with Gasteiger partial charge in [0.15, 0.2) is 0 Å². The zero-order valence-electron chi connectivity index (χ0n) is 16.9. The van der Waals surface area contributed by atoms with E-state index in [2.05, 4.69) is 0 Å². The van der Waals surface area contributed by atoms with Crippen molar-refractivity contribution in [3.05, 3.63) is 111 Å². The van der Waals surface area contributed by atoms with E-state index in [1.165, 1.54) is 30.3 Å². The summed E-state index contributed by atoms with van der Waals surface area (Å²) >= 11 is 0. The standard InChI is InChI=1S/C24H17FN2O5/c1-14-6-8-15(9-7-14)22(28)20-21(18-4-2-3-5-19(18)27(31)32)26(24(30)23(20)29)17-12-10-16(25)11-13-17/h2-13,21,28H,1H3/b22-20+/t21-/m1/s1. The van der Waals surface area contributed by atoms with Crippen LogP contribution in [0.25, 0.3) is 5.76 Å². The second-order valence-electron chi connectivity index (χ2n) is 7.33. The van der Waals surface area contributed by atoms with Crippen molar-refractivity contribution in [2.24, 2.45) is 0 Å². The van der Waals surface area contributed by atoms with Gasteiger partial charge in [-0.25, -0.2) is 4.39 Å². The Balaban J connectivity index is 2.00. The maximum absolute atomic E-state index is 13.5. The minimum atomic E-state index is -1.27. The van der Waals surface area contributed by atoms with Crippen LogP contribution >= 0.6 is 0 Å². The second kappa shape index (κ2) is 8.07. The SMILES string of the molecule is Cc1ccc(/C(O)=C2\C(=O)C(=O)N(c3ccc(F)cc3)[C@@H]2c2ccccc2[N+](=O)[O-])cc1. The van der Waals surface area contributed by atoms with E-state index in [0.29, 0.717) is 0 Å². The highest BCUT2D eigenvalue weighted by atomic mass is 19.1. The van der Waals surface area contributed by atoms with Crippen molar-refractivity contribution in [3.8, 4) is 0 Å². The summed E-state index contributed by atoms with van der Waals surface area (Å²) in [5, 5.41) is 22.7. The number of carbonyl (C=O) groups excluding carboxylic acids is 2. The number of anilines is 1. The first-order valence-corrected chi connectivity index (χ1v) is 9.66. The van der Waals surface area contributed by atoms with Crippen LogP contribution in [0.4, 0.5) is 15.8 Å². The highest BCUT2D eigenvalue weighted by molar-refractivity contribution is 6.51. The summed E-state index contributed by atoms with van der Waals surface area (Å²) in [6.45, 7) is 1.85. The van der Waals surface area contributed by atoms with Crippen LogP contribution in [0.3, 0.4) is 0 Å². The van der Waals surface area contributed by atoms with Gasteiger partial charge in [0.2, 0.25) is 0 Å². The smallest absolute Gasteiger partial charge is 0.300 e. The number of hydrogen-bond acceptors (Lipinski definition) is 5. The molecular formula is C24H17FN2O5. The number of rotatable bonds is 4. The number of benzene rings is 3. The molecule has 160 valence electrons. The molecular weight excluding hydrogens is 415 g/mol. The number of nitro benzene ring substituents is 1. The molecule has 1 aliphatic heterocycles. The first-order chi connectivity index (χ1) is 15.3. The number of hydrogen-bond donors (Lipinski definition) is 1. The Morgan fingerprint density at radius 3 is 2.25 bits per heavy atom. The van der Waals surface area contributed by atoms with Gasteiger partial charge in [0.25, 0.3) is 17.4 Å². The van der Waals surface area contributed by atoms with Crippen LogP contribution in [0.1, 0.15) is 22.7 Å². The molecule has 1 heterocycles. The Morgan fingerprint density at radius 2 is 1.62 bits per heavy atom. The molecule has 1 aliphatic rings. The van der Waals surface area contributed by atoms with Gasteiger partial charge < -0.3 is 5.11 Å². The van der Waals surface area contributed by atoms with E-state index >= 15 is 0 Å². The maximum Gasteiger partial charge on any atom is 0.300 e. The quantitative estimate of drug-likeness (QED) is 0.212. The number of aliphatic hydroxyl groups is 1. The van der Waals surface area contributed by atoms with Crippen LogP contribution in [-0.4, -0.2) is 21.7 Å². The number of para-hydroxylation sites is 1. The van der Waals surface area contributed by atoms with Crippen LogP contribution in [0.5, 0.6) is 0 Å². The molecule has 0 saturated carbocycles. The van der Waals surface area contributed by atoms with E-state index in [0.717, 1.165) is 22.6 Å². The highest BCUT2D eigenvalue weighted by Gasteiger charge is 2.48. The van der Waals surface area contributed by atoms with Crippen LogP contribution in [0.15, 0.2) is 78.4 Å². The molecule has 0 aromatic heterocycles. The lowest BCUT2D eigenvalue weighted by Crippen LogP contribution is -2.29. The number of aryl methyl sites for hydroxylation is 1. The van der Waals surface area contributed by atoms with E-state index in [-0.39, 0.29) is 28.1 Å². The third-order valence-corrected chi connectivity index (χ3v) is 5.30. The van der Waals surface area contributed by atoms with Gasteiger partial charge in [-0.05, 0) is 37.3 Å². The summed E-state index contributed by atoms with van der Waals surface area (Å²) in [4.78, 5) is 38.2. The predicted octanol–water partition coefficient (Wildman–Crippen LogP) is 4.67. The third kappa shape index (κ3) is 3.51. The Kier molecular flexibility index (Phi) is 5.28. The van der Waals surface area contributed by atoms with Crippen molar-refractivity contribution in [3.63, 3.8) is 0 Å². The zero-order chi connectivity index (χ0) is 23.0. The third-order valence-electron chi connectivity index (χ3n) is 5.30. The molecule has 0 spiro atoms. The van der Waals surface area contributed by atoms with Crippen LogP contribution in [-0.2, 0) is 9.59 Å². The maximum atomic E-state index is 13.5. The average molecular weight is 432 g/mol. The first kappa shape index (κ1) is 20.9. The van der Waals surface area contributed by atoms with Gasteiger partial charge in [-0.2, -0.15) is 0 Å². The zero-order valence-corrected chi connectivity index (χ0v) is 16.9. The van der Waals surface area contributed by atoms with E-state index in [9.17, 15) is 29.2 Å². The molecule has 1 amide bonds. The van der Waals surface area contributed by atoms with Crippen molar-refractivity contribution >= 4 is 28.8 Å². The van der Waals surface area contributed by atoms with Crippen LogP contribution < -0.4 is 4.90 Å². The van der Waals surface area contributed by atoms with E-state index in [1.54, 1.807) is 30.3 Å². The van der Waals surface area contributed by atoms with Crippen molar-refractivity contribution in [2.45, 2.75) is 13.0 Å². The molecule has 32 heavy (non-hydrogen) atoms. The monoisotopic (exact) mass is 432 g/mol. The molecule has 3 aromatic carbocycles. The minimum Gasteiger partial charge on any atom is -0.507 e. The van der Waals surface area contributed by atoms with E-state index < -0.39 is 34.2 Å². The molecule has 7 nitrogen and oxygen atoms in total. The van der Waals surface area contributed by atoms with Gasteiger partial charge in [0.1, 0.15) is 17.6 Å². The largest absolute Gasteiger partial charge is 0.507 e. The number of amides is 1. The second-order valence-corrected chi connectivity index (χ2v) is 7.33. The Morgan fingerprint density at radius 1 is 1.00 bits per heavy atom. The van der Waals surface area contributed by atoms with Crippen molar-refractivity contribution in [1.29, 1.82) is 0 Å². The Labute approximate surface area is 182 Å². The lowest BCUT2D eigenvalue weighted by molar-refractivity contribution is -0.385. The first-order valence-electron chi connectivity index (χ1n) is 9.66. The summed E-state index contributed by atoms with van der Waals surface area (Å²) in [5.41, 5.74) is 0.827. The summed E-state index contributed by atoms with van der Waals surface area (Å²) in [7, 11) is 0. The van der Waals surface area contributed by atoms with Gasteiger partial charge in [-0.1, -0.05) is 42.0 Å². The molecule has 0 aliphatic carbocycles. The fourth-order valence-electron chi connectivity index (χ4n) is 3.75. The van der Waals surface area contributed by atoms with Gasteiger partial charge >= 0.3 is 0 Å². The summed E-state index contributed by atoms with van der Waals surface area (Å²) < 4.78 is 13.5. The molecule has 1 atom stereocenters. The number of halogens is 1. The number of carbonyl (C=O) groups is 2. The van der Waals surface area contributed by atoms with Crippen molar-refractivity contribution < 1.29 is 24.0 Å². The predicted molar refractivity (Wildman–Crippen MR) is 115 cm³/mol. The molecule has 0 bridgehead atoms. The van der Waals surface area contributed by atoms with E-state index in [4.69, 9.17) is 0 Å². The number of nitrogens with zero attached hydrogens (tertiary/aromatic N) is 2. The molecule has 1 fully saturated rings. The van der Waals surface area contributed by atoms with Crippen molar-refractivity contribution in [1.82, 2.24) is 0 Å². The van der Waals surface area contributed by atoms with Gasteiger partial charge in [-0.3, -0.25) is 24.6 Å². The van der Waals surface area contributed by atoms with Crippen molar-refractivity contribution in [2.75, 3.05) is 4.90 Å². The Hall–Kier alpha value is -4.33. The minimum absolute atomic E-state index is 0.0506. The number of aliphatic hydroxyl groups excluding tert-OH is 1. The molecule has 0 unspecified atom stereocenters. The molecule has 4 rings (SSSR count). The van der Waals surface area contributed by atoms with Crippen LogP contribution in [0.2, 0.25) is 0 Å². The lowest BCUT2D eigenvalue weighted by atomic mass is 9.94. The normalized spacial score (nSPS) is 17.6. The fraction of sp³-hybridized carbons (Fsp3) is 0.0833. The van der Waals surface area contributed by atoms with Gasteiger partial charge in [0, 0.05) is 17.3 Å². The molecule has 0 radical (unpaired) electrons. The molecule has 1 N–H and O–H groups in total. The molecule has 8 heteroatoms. The molecule has 1 saturated heterocycles. The summed E-state index contributed by atoms with van der Waals surface area (Å²) in [6.07, 6.45) is 0. The number of Topliss-reactive ketones (excluding diaryl/α,β-unsaturated/α-hetero) is 1. The summed E-state index contributed by atoms with van der Waals surface area (Å²) in [6, 6.07) is 15.9. The lowest BCUT2D eigenvalue weighted by Gasteiger charge is -2.25. The van der Waals surface area contributed by atoms with E-state index in [1.807, 2.05) is 6.92 Å². The Bertz CT molecular complexity index is 1270. The fourth-order valence-corrected chi connectivity index (χ4v) is 3.75. The highest BCUT2D eigenvalue weighted by Crippen LogP contribution is 2.44. The average Bonchev–Trinajstić information content (AvgIpc) is 3.05. The number of ketones is 1. The number of nitro groups is 1. The van der Waals surface area contributed by atoms with Crippen LogP contribution in [0, 0.1) is 22.9 Å². The summed E-state index contributed by atoms with van der Waals surface area (Å²) in [5.74, 6) is -2.97. The topological polar surface area (TPSA) is 101 Å². The van der Waals surface area contributed by atoms with Gasteiger partial charge in [0.05, 0.1) is 16.1 Å². The van der Waals surface area contributed by atoms with Gasteiger partial charge in [-0.15, -0.1) is 0 Å². The molecule has 3 aromatic rings.